The summed E-state index contributed by atoms with van der Waals surface area (Å²) in [5.74, 6) is -0.798. The van der Waals surface area contributed by atoms with Gasteiger partial charge in [-0.2, -0.15) is 0 Å². The molecule has 2 N–H and O–H groups in total. The van der Waals surface area contributed by atoms with Crippen LogP contribution in [0.4, 0.5) is 5.00 Å². The normalized spacial score (nSPS) is 13.9. The van der Waals surface area contributed by atoms with Crippen LogP contribution in [0.15, 0.2) is 15.5 Å². The van der Waals surface area contributed by atoms with Gasteiger partial charge in [0.2, 0.25) is 0 Å². The molecule has 1 aliphatic rings. The largest absolute Gasteiger partial charge is 0.465 e. The van der Waals surface area contributed by atoms with E-state index in [0.29, 0.717) is 10.6 Å². The number of nitrogens with one attached hydrogen (secondary N) is 2. The average molecular weight is 352 g/mol. The van der Waals surface area contributed by atoms with E-state index in [1.165, 1.54) is 23.1 Å². The highest BCUT2D eigenvalue weighted by molar-refractivity contribution is 7.17. The predicted octanol–water partition coefficient (Wildman–Crippen LogP) is 1.01. The Morgan fingerprint density at radius 1 is 1.38 bits per heavy atom. The van der Waals surface area contributed by atoms with Crippen LogP contribution >= 0.6 is 11.3 Å². The molecule has 3 rings (SSSR count). The number of thiophene rings is 1. The Balaban J connectivity index is 1.85. The van der Waals surface area contributed by atoms with Crippen LogP contribution < -0.4 is 15.6 Å². The van der Waals surface area contributed by atoms with E-state index in [9.17, 15) is 14.4 Å². The standard InChI is InChI=1S/C15H17N3O5S/c1-22-15(21)13-9-5-3-2-4-6-10(9)24-14(13)16-11(19)7-18-8-12(20)23-17-18/h8H,2-7H2,1H3,(H-,16,17,19,20,21)/p+1. The third-order valence-electron chi connectivity index (χ3n) is 3.90. The third-order valence-corrected chi connectivity index (χ3v) is 5.11. The fourth-order valence-electron chi connectivity index (χ4n) is 2.83. The number of aromatic amines is 1. The highest BCUT2D eigenvalue weighted by Crippen LogP contribution is 2.37. The number of methoxy groups -OCH3 is 1. The van der Waals surface area contributed by atoms with Crippen LogP contribution in [0.3, 0.4) is 0 Å². The smallest absolute Gasteiger partial charge is 0.426 e. The minimum Gasteiger partial charge on any atom is -0.465 e. The zero-order valence-electron chi connectivity index (χ0n) is 13.2. The number of H-pyrrole nitrogens is 1. The van der Waals surface area contributed by atoms with Crippen molar-refractivity contribution >= 4 is 28.2 Å². The summed E-state index contributed by atoms with van der Waals surface area (Å²) < 4.78 is 10.6. The molecule has 0 spiro atoms. The molecule has 1 amide bonds. The van der Waals surface area contributed by atoms with Gasteiger partial charge in [0.25, 0.3) is 18.6 Å². The summed E-state index contributed by atoms with van der Waals surface area (Å²) in [6, 6.07) is 0. The van der Waals surface area contributed by atoms with Crippen LogP contribution in [-0.4, -0.2) is 24.3 Å². The van der Waals surface area contributed by atoms with Crippen LogP contribution in [0.5, 0.6) is 0 Å². The van der Waals surface area contributed by atoms with Gasteiger partial charge in [-0.05, 0) is 36.5 Å². The van der Waals surface area contributed by atoms with E-state index in [2.05, 4.69) is 15.1 Å². The number of carbonyl (C=O) groups is 2. The van der Waals surface area contributed by atoms with Crippen molar-refractivity contribution in [2.75, 3.05) is 12.4 Å². The van der Waals surface area contributed by atoms with Crippen molar-refractivity contribution in [2.45, 2.75) is 38.6 Å². The summed E-state index contributed by atoms with van der Waals surface area (Å²) >= 11 is 1.43. The highest BCUT2D eigenvalue weighted by Gasteiger charge is 2.27. The van der Waals surface area contributed by atoms with Gasteiger partial charge >= 0.3 is 11.6 Å². The number of amides is 1. The van der Waals surface area contributed by atoms with E-state index in [4.69, 9.17) is 4.74 Å². The molecule has 0 fully saturated rings. The Hall–Kier alpha value is -2.42. The summed E-state index contributed by atoms with van der Waals surface area (Å²) in [7, 11) is 1.33. The molecule has 0 atom stereocenters. The lowest BCUT2D eigenvalue weighted by Crippen LogP contribution is -2.41. The molecular formula is C15H18N3O5S+. The molecule has 128 valence electrons. The molecule has 0 saturated heterocycles. The van der Waals surface area contributed by atoms with Crippen LogP contribution in [0.2, 0.25) is 0 Å². The Bertz CT molecular complexity index is 819. The topological polar surface area (TPSA) is 105 Å². The fourth-order valence-corrected chi connectivity index (χ4v) is 4.12. The Labute approximate surface area is 141 Å². The van der Waals surface area contributed by atoms with Gasteiger partial charge in [0.15, 0.2) is 0 Å². The number of hydrogen-bond acceptors (Lipinski definition) is 6. The van der Waals surface area contributed by atoms with Crippen molar-refractivity contribution in [2.24, 2.45) is 0 Å². The maximum Gasteiger partial charge on any atom is 0.426 e. The number of aromatic nitrogens is 2. The molecule has 0 radical (unpaired) electrons. The SMILES string of the molecule is COC(=O)c1c(NC(=O)C[n+]2cc(=O)o[nH]2)sc2c1CCCCC2. The van der Waals surface area contributed by atoms with Crippen molar-refractivity contribution in [3.05, 3.63) is 32.6 Å². The van der Waals surface area contributed by atoms with E-state index < -0.39 is 11.6 Å². The van der Waals surface area contributed by atoms with E-state index >= 15 is 0 Å². The van der Waals surface area contributed by atoms with Crippen molar-refractivity contribution < 1.29 is 23.5 Å². The van der Waals surface area contributed by atoms with Gasteiger partial charge < -0.3 is 10.1 Å². The minimum atomic E-state index is -0.569. The molecule has 2 heterocycles. The van der Waals surface area contributed by atoms with Crippen molar-refractivity contribution in [3.63, 3.8) is 0 Å². The van der Waals surface area contributed by atoms with Gasteiger partial charge in [0.05, 0.1) is 12.7 Å². The van der Waals surface area contributed by atoms with Crippen LogP contribution in [-0.2, 0) is 28.9 Å². The number of hydrogen-bond donors (Lipinski definition) is 2. The zero-order valence-corrected chi connectivity index (χ0v) is 14.0. The van der Waals surface area contributed by atoms with Gasteiger partial charge in [-0.1, -0.05) is 11.1 Å². The quantitative estimate of drug-likeness (QED) is 0.485. The Morgan fingerprint density at radius 2 is 2.17 bits per heavy atom. The molecule has 0 aliphatic heterocycles. The molecule has 2 aromatic heterocycles. The van der Waals surface area contributed by atoms with Crippen molar-refractivity contribution in [1.82, 2.24) is 5.27 Å². The fraction of sp³-hybridized carbons (Fsp3) is 0.467. The number of nitrogens with zero attached hydrogens (tertiary/aromatic N) is 1. The number of fused-ring (bicyclic) bond motifs is 1. The second kappa shape index (κ2) is 7.00. The second-order valence-corrected chi connectivity index (χ2v) is 6.68. The number of anilines is 1. The Kier molecular flexibility index (Phi) is 4.79. The van der Waals surface area contributed by atoms with Crippen LogP contribution in [0.1, 0.15) is 40.1 Å². The van der Waals surface area contributed by atoms with E-state index in [-0.39, 0.29) is 12.5 Å². The number of ether oxygens (including phenoxy) is 1. The van der Waals surface area contributed by atoms with Gasteiger partial charge in [-0.15, -0.1) is 11.3 Å². The molecule has 1 aliphatic carbocycles. The molecular weight excluding hydrogens is 334 g/mol. The van der Waals surface area contributed by atoms with Crippen molar-refractivity contribution in [3.8, 4) is 0 Å². The maximum atomic E-state index is 12.2. The number of esters is 1. The second-order valence-electron chi connectivity index (χ2n) is 5.58. The number of rotatable bonds is 4. The van der Waals surface area contributed by atoms with Crippen LogP contribution in [0.25, 0.3) is 0 Å². The molecule has 0 unspecified atom stereocenters. The monoisotopic (exact) mass is 352 g/mol. The lowest BCUT2D eigenvalue weighted by Gasteiger charge is -2.06. The average Bonchev–Trinajstić information content (AvgIpc) is 3.02. The first-order chi connectivity index (χ1) is 11.6. The van der Waals surface area contributed by atoms with E-state index in [1.54, 1.807) is 0 Å². The molecule has 0 saturated carbocycles. The van der Waals surface area contributed by atoms with Crippen LogP contribution in [0, 0.1) is 0 Å². The maximum absolute atomic E-state index is 12.2. The molecule has 0 bridgehead atoms. The lowest BCUT2D eigenvalue weighted by atomic mass is 10.1. The van der Waals surface area contributed by atoms with Gasteiger partial charge in [0.1, 0.15) is 5.00 Å². The molecule has 8 nitrogen and oxygen atoms in total. The van der Waals surface area contributed by atoms with Gasteiger partial charge in [0, 0.05) is 4.88 Å². The van der Waals surface area contributed by atoms with Gasteiger partial charge in [-0.3, -0.25) is 9.32 Å². The van der Waals surface area contributed by atoms with E-state index in [0.717, 1.165) is 48.7 Å². The molecule has 2 aromatic rings. The van der Waals surface area contributed by atoms with Crippen molar-refractivity contribution in [1.29, 1.82) is 0 Å². The number of aryl methyl sites for hydroxylation is 1. The first kappa shape index (κ1) is 16.4. The first-order valence-corrected chi connectivity index (χ1v) is 8.51. The molecule has 0 aromatic carbocycles. The molecule has 9 heteroatoms. The number of carbonyl (C=O) groups excluding carboxylic acids is 2. The highest BCUT2D eigenvalue weighted by atomic mass is 32.1. The predicted molar refractivity (Wildman–Crippen MR) is 85.1 cm³/mol. The summed E-state index contributed by atoms with van der Waals surface area (Å²) in [5, 5.41) is 5.57. The lowest BCUT2D eigenvalue weighted by molar-refractivity contribution is -0.750. The molecule has 24 heavy (non-hydrogen) atoms. The Morgan fingerprint density at radius 3 is 2.88 bits per heavy atom. The third kappa shape index (κ3) is 3.40. The first-order valence-electron chi connectivity index (χ1n) is 7.69. The summed E-state index contributed by atoms with van der Waals surface area (Å²) in [6.45, 7) is -0.116. The summed E-state index contributed by atoms with van der Waals surface area (Å²) in [6.07, 6.45) is 6.10. The van der Waals surface area contributed by atoms with Gasteiger partial charge in [-0.25, -0.2) is 9.59 Å². The summed E-state index contributed by atoms with van der Waals surface area (Å²) in [4.78, 5) is 36.5. The summed E-state index contributed by atoms with van der Waals surface area (Å²) in [5.41, 5.74) is 0.878. The minimum absolute atomic E-state index is 0.116. The van der Waals surface area contributed by atoms with E-state index in [1.807, 2.05) is 0 Å². The zero-order chi connectivity index (χ0) is 17.1.